The second kappa shape index (κ2) is 8.55. The lowest BCUT2D eigenvalue weighted by molar-refractivity contribution is 0.309. The first kappa shape index (κ1) is 19.4. The fourth-order valence-electron chi connectivity index (χ4n) is 2.90. The quantitative estimate of drug-likeness (QED) is 0.553. The van der Waals surface area contributed by atoms with Crippen molar-refractivity contribution in [3.63, 3.8) is 0 Å². The van der Waals surface area contributed by atoms with Gasteiger partial charge in [0.15, 0.2) is 0 Å². The highest BCUT2D eigenvalue weighted by Gasteiger charge is 2.18. The van der Waals surface area contributed by atoms with Crippen LogP contribution < -0.4 is 9.46 Å². The van der Waals surface area contributed by atoms with Crippen LogP contribution in [0.1, 0.15) is 38.3 Å². The molecule has 0 saturated carbocycles. The van der Waals surface area contributed by atoms with Gasteiger partial charge in [0.1, 0.15) is 5.75 Å². The SMILES string of the molecule is CCCCOc1ccc(S(=O)(=O)N[C@@H](C)c2ccc3ccccc3c2)cc1. The van der Waals surface area contributed by atoms with Crippen LogP contribution >= 0.6 is 0 Å². The lowest BCUT2D eigenvalue weighted by atomic mass is 10.0. The van der Waals surface area contributed by atoms with E-state index in [1.165, 1.54) is 0 Å². The minimum absolute atomic E-state index is 0.234. The zero-order valence-corrected chi connectivity index (χ0v) is 16.5. The number of nitrogens with one attached hydrogen (secondary N) is 1. The van der Waals surface area contributed by atoms with E-state index in [0.717, 1.165) is 29.2 Å². The molecule has 3 rings (SSSR count). The van der Waals surface area contributed by atoms with Crippen LogP contribution in [0, 0.1) is 0 Å². The number of unbranched alkanes of at least 4 members (excludes halogenated alkanes) is 1. The molecule has 142 valence electrons. The second-order valence-corrected chi connectivity index (χ2v) is 8.34. The van der Waals surface area contributed by atoms with Crippen molar-refractivity contribution in [3.8, 4) is 5.75 Å². The molecule has 0 fully saturated rings. The third-order valence-corrected chi connectivity index (χ3v) is 6.06. The largest absolute Gasteiger partial charge is 0.494 e. The Morgan fingerprint density at radius 1 is 0.963 bits per heavy atom. The van der Waals surface area contributed by atoms with E-state index in [1.807, 2.05) is 49.4 Å². The lowest BCUT2D eigenvalue weighted by Crippen LogP contribution is -2.26. The van der Waals surface area contributed by atoms with E-state index in [4.69, 9.17) is 4.74 Å². The van der Waals surface area contributed by atoms with Gasteiger partial charge in [0.05, 0.1) is 11.5 Å². The van der Waals surface area contributed by atoms with Gasteiger partial charge in [-0.05, 0) is 60.0 Å². The molecule has 0 aliphatic rings. The smallest absolute Gasteiger partial charge is 0.241 e. The Balaban J connectivity index is 1.72. The molecule has 0 unspecified atom stereocenters. The van der Waals surface area contributed by atoms with E-state index in [0.29, 0.717) is 12.4 Å². The Morgan fingerprint density at radius 2 is 1.67 bits per heavy atom. The molecule has 0 bridgehead atoms. The maximum atomic E-state index is 12.7. The van der Waals surface area contributed by atoms with Crippen LogP contribution in [0.2, 0.25) is 0 Å². The van der Waals surface area contributed by atoms with Crippen molar-refractivity contribution < 1.29 is 13.2 Å². The average molecular weight is 384 g/mol. The minimum atomic E-state index is -3.61. The molecule has 0 aliphatic heterocycles. The Bertz CT molecular complexity index is 998. The first-order valence-electron chi connectivity index (χ1n) is 9.23. The molecule has 0 aromatic heterocycles. The van der Waals surface area contributed by atoms with Crippen LogP contribution in [-0.4, -0.2) is 15.0 Å². The van der Waals surface area contributed by atoms with Gasteiger partial charge in [0.2, 0.25) is 10.0 Å². The van der Waals surface area contributed by atoms with Gasteiger partial charge in [-0.1, -0.05) is 49.7 Å². The highest BCUT2D eigenvalue weighted by molar-refractivity contribution is 7.89. The van der Waals surface area contributed by atoms with Gasteiger partial charge in [-0.15, -0.1) is 0 Å². The molecule has 0 heterocycles. The van der Waals surface area contributed by atoms with E-state index >= 15 is 0 Å². The van der Waals surface area contributed by atoms with Gasteiger partial charge in [0.25, 0.3) is 0 Å². The predicted octanol–water partition coefficient (Wildman–Crippen LogP) is 5.06. The zero-order valence-electron chi connectivity index (χ0n) is 15.7. The van der Waals surface area contributed by atoms with E-state index in [9.17, 15) is 8.42 Å². The van der Waals surface area contributed by atoms with Crippen LogP contribution in [0.25, 0.3) is 10.8 Å². The molecule has 3 aromatic rings. The second-order valence-electron chi connectivity index (χ2n) is 6.62. The van der Waals surface area contributed by atoms with Crippen molar-refractivity contribution in [1.29, 1.82) is 0 Å². The lowest BCUT2D eigenvalue weighted by Gasteiger charge is -2.16. The van der Waals surface area contributed by atoms with Gasteiger partial charge in [0, 0.05) is 6.04 Å². The van der Waals surface area contributed by atoms with Gasteiger partial charge in [-0.2, -0.15) is 0 Å². The van der Waals surface area contributed by atoms with Crippen LogP contribution in [-0.2, 0) is 10.0 Å². The first-order valence-corrected chi connectivity index (χ1v) is 10.7. The third kappa shape index (κ3) is 4.87. The van der Waals surface area contributed by atoms with E-state index in [-0.39, 0.29) is 10.9 Å². The molecule has 3 aromatic carbocycles. The summed E-state index contributed by atoms with van der Waals surface area (Å²) >= 11 is 0. The van der Waals surface area contributed by atoms with Crippen LogP contribution in [0.4, 0.5) is 0 Å². The molecular weight excluding hydrogens is 358 g/mol. The number of hydrogen-bond donors (Lipinski definition) is 1. The molecule has 0 aliphatic carbocycles. The summed E-state index contributed by atoms with van der Waals surface area (Å²) in [5, 5.41) is 2.23. The summed E-state index contributed by atoms with van der Waals surface area (Å²) in [6.45, 7) is 4.59. The molecule has 5 heteroatoms. The number of benzene rings is 3. The summed E-state index contributed by atoms with van der Waals surface area (Å²) in [4.78, 5) is 0.234. The number of sulfonamides is 1. The summed E-state index contributed by atoms with van der Waals surface area (Å²) in [6.07, 6.45) is 2.04. The number of hydrogen-bond acceptors (Lipinski definition) is 3. The van der Waals surface area contributed by atoms with Gasteiger partial charge in [-0.3, -0.25) is 0 Å². The van der Waals surface area contributed by atoms with Crippen LogP contribution in [0.3, 0.4) is 0 Å². The molecule has 4 nitrogen and oxygen atoms in total. The number of rotatable bonds is 8. The zero-order chi connectivity index (χ0) is 19.3. The Morgan fingerprint density at radius 3 is 2.37 bits per heavy atom. The fourth-order valence-corrected chi connectivity index (χ4v) is 4.13. The number of ether oxygens (including phenoxy) is 1. The normalized spacial score (nSPS) is 12.8. The average Bonchev–Trinajstić information content (AvgIpc) is 2.68. The van der Waals surface area contributed by atoms with Crippen molar-refractivity contribution >= 4 is 20.8 Å². The van der Waals surface area contributed by atoms with Crippen LogP contribution in [0.15, 0.2) is 71.6 Å². The van der Waals surface area contributed by atoms with Crippen molar-refractivity contribution in [2.75, 3.05) is 6.61 Å². The van der Waals surface area contributed by atoms with Crippen LogP contribution in [0.5, 0.6) is 5.75 Å². The first-order chi connectivity index (χ1) is 13.0. The molecule has 0 amide bonds. The maximum absolute atomic E-state index is 12.7. The van der Waals surface area contributed by atoms with Crippen molar-refractivity contribution in [2.45, 2.75) is 37.6 Å². The van der Waals surface area contributed by atoms with E-state index in [1.54, 1.807) is 24.3 Å². The molecule has 0 spiro atoms. The summed E-state index contributed by atoms with van der Waals surface area (Å²) in [5.74, 6) is 0.685. The molecule has 0 radical (unpaired) electrons. The van der Waals surface area contributed by atoms with Crippen molar-refractivity contribution in [1.82, 2.24) is 4.72 Å². The maximum Gasteiger partial charge on any atom is 0.241 e. The highest BCUT2D eigenvalue weighted by Crippen LogP contribution is 2.23. The molecule has 1 atom stereocenters. The molecule has 0 saturated heterocycles. The third-order valence-electron chi connectivity index (χ3n) is 4.51. The molecule has 1 N–H and O–H groups in total. The van der Waals surface area contributed by atoms with E-state index in [2.05, 4.69) is 11.6 Å². The summed E-state index contributed by atoms with van der Waals surface area (Å²) in [7, 11) is -3.61. The summed E-state index contributed by atoms with van der Waals surface area (Å²) < 4.78 is 33.7. The van der Waals surface area contributed by atoms with Crippen molar-refractivity contribution in [2.24, 2.45) is 0 Å². The minimum Gasteiger partial charge on any atom is -0.494 e. The molecule has 27 heavy (non-hydrogen) atoms. The Hall–Kier alpha value is -2.37. The van der Waals surface area contributed by atoms with E-state index < -0.39 is 10.0 Å². The number of fused-ring (bicyclic) bond motifs is 1. The summed E-state index contributed by atoms with van der Waals surface area (Å²) in [6, 6.07) is 20.2. The van der Waals surface area contributed by atoms with Gasteiger partial charge in [-0.25, -0.2) is 13.1 Å². The Labute approximate surface area is 161 Å². The fraction of sp³-hybridized carbons (Fsp3) is 0.273. The molecular formula is C22H25NO3S. The van der Waals surface area contributed by atoms with Crippen molar-refractivity contribution in [3.05, 3.63) is 72.3 Å². The van der Waals surface area contributed by atoms with Gasteiger partial charge < -0.3 is 4.74 Å². The highest BCUT2D eigenvalue weighted by atomic mass is 32.2. The van der Waals surface area contributed by atoms with Gasteiger partial charge >= 0.3 is 0 Å². The summed E-state index contributed by atoms with van der Waals surface area (Å²) in [5.41, 5.74) is 0.928. The monoisotopic (exact) mass is 383 g/mol. The topological polar surface area (TPSA) is 55.4 Å². The Kier molecular flexibility index (Phi) is 6.14. The predicted molar refractivity (Wildman–Crippen MR) is 110 cm³/mol. The standard InChI is InChI=1S/C22H25NO3S/c1-3-4-15-26-21-11-13-22(14-12-21)27(24,25)23-17(2)19-10-9-18-7-5-6-8-20(18)16-19/h5-14,16-17,23H,3-4,15H2,1-2H3/t17-/m0/s1.